The van der Waals surface area contributed by atoms with Gasteiger partial charge >= 0.3 is 11.9 Å². The first kappa shape index (κ1) is 28.1. The molecule has 5 heteroatoms. The lowest BCUT2D eigenvalue weighted by Gasteiger charge is -2.61. The number of ketones is 1. The molecule has 0 aromatic rings. The number of hydrogen-bond donors (Lipinski definition) is 1. The number of Topliss-reactive ketones (excluding diaryl/α,β-unsaturated/α-hetero) is 1. The monoisotopic (exact) mass is 512 g/mol. The van der Waals surface area contributed by atoms with Crippen molar-refractivity contribution in [1.82, 2.24) is 0 Å². The average Bonchev–Trinajstić information content (AvgIpc) is 3.09. The zero-order valence-electron chi connectivity index (χ0n) is 24.3. The number of allylic oxidation sites excluding steroid dienone is 2. The van der Waals surface area contributed by atoms with Crippen molar-refractivity contribution >= 4 is 17.7 Å². The van der Waals surface area contributed by atoms with Gasteiger partial charge in [0.2, 0.25) is 0 Å². The third-order valence-electron chi connectivity index (χ3n) is 12.1. The van der Waals surface area contributed by atoms with Crippen LogP contribution in [0.25, 0.3) is 0 Å². The van der Waals surface area contributed by atoms with Gasteiger partial charge in [-0.05, 0) is 85.9 Å². The van der Waals surface area contributed by atoms with E-state index in [0.717, 1.165) is 44.9 Å². The first-order valence-electron chi connectivity index (χ1n) is 14.4. The summed E-state index contributed by atoms with van der Waals surface area (Å²) in [5.41, 5.74) is 3.68. The van der Waals surface area contributed by atoms with Crippen LogP contribution in [0.4, 0.5) is 0 Å². The minimum atomic E-state index is -0.932. The lowest BCUT2D eigenvalue weighted by atomic mass is 9.43. The molecule has 2 fully saturated rings. The highest BCUT2D eigenvalue weighted by Crippen LogP contribution is 2.72. The Bertz CT molecular complexity index is 1050. The number of carbonyl (C=O) groups excluding carboxylic acids is 2. The minimum absolute atomic E-state index is 0.0956. The number of hydrogen-bond acceptors (Lipinski definition) is 4. The molecule has 0 aliphatic heterocycles. The zero-order chi connectivity index (χ0) is 27.6. The minimum Gasteiger partial charge on any atom is -0.478 e. The Hall–Kier alpha value is -1.91. The van der Waals surface area contributed by atoms with Crippen molar-refractivity contribution in [2.24, 2.45) is 39.4 Å². The fraction of sp³-hybridized carbons (Fsp3) is 0.781. The molecule has 5 nitrogen and oxygen atoms in total. The molecule has 7 unspecified atom stereocenters. The summed E-state index contributed by atoms with van der Waals surface area (Å²) in [5, 5.41) is 9.32. The van der Waals surface area contributed by atoms with Crippen LogP contribution in [0.15, 0.2) is 22.8 Å². The molecule has 206 valence electrons. The molecular weight excluding hydrogens is 464 g/mol. The molecule has 2 saturated carbocycles. The predicted octanol–water partition coefficient (Wildman–Crippen LogP) is 7.29. The molecular formula is C32H48O5. The van der Waals surface area contributed by atoms with Crippen molar-refractivity contribution in [3.8, 4) is 0 Å². The van der Waals surface area contributed by atoms with Crippen LogP contribution in [0.5, 0.6) is 0 Å². The van der Waals surface area contributed by atoms with Gasteiger partial charge in [0.1, 0.15) is 11.9 Å². The molecule has 0 spiro atoms. The molecule has 4 rings (SSSR count). The molecule has 0 heterocycles. The van der Waals surface area contributed by atoms with Crippen molar-refractivity contribution in [2.45, 2.75) is 119 Å². The Morgan fingerprint density at radius 1 is 1.00 bits per heavy atom. The maximum atomic E-state index is 12.9. The van der Waals surface area contributed by atoms with E-state index in [4.69, 9.17) is 4.74 Å². The molecule has 0 saturated heterocycles. The van der Waals surface area contributed by atoms with Crippen LogP contribution in [-0.4, -0.2) is 28.9 Å². The fourth-order valence-electron chi connectivity index (χ4n) is 9.60. The van der Waals surface area contributed by atoms with Crippen LogP contribution in [0, 0.1) is 39.4 Å². The maximum Gasteiger partial charge on any atom is 0.330 e. The molecule has 37 heavy (non-hydrogen) atoms. The molecule has 7 atom stereocenters. The molecule has 0 radical (unpaired) electrons. The Kier molecular flexibility index (Phi) is 7.12. The van der Waals surface area contributed by atoms with Gasteiger partial charge in [-0.15, -0.1) is 0 Å². The van der Waals surface area contributed by atoms with Crippen LogP contribution in [0.1, 0.15) is 113 Å². The zero-order valence-corrected chi connectivity index (χ0v) is 24.3. The Balaban J connectivity index is 1.67. The van der Waals surface area contributed by atoms with E-state index >= 15 is 0 Å². The van der Waals surface area contributed by atoms with Crippen molar-refractivity contribution in [2.75, 3.05) is 0 Å². The Morgan fingerprint density at radius 2 is 1.68 bits per heavy atom. The quantitative estimate of drug-likeness (QED) is 0.229. The number of carbonyl (C=O) groups is 3. The van der Waals surface area contributed by atoms with E-state index in [2.05, 4.69) is 41.5 Å². The number of aliphatic carboxylic acids is 1. The third-order valence-corrected chi connectivity index (χ3v) is 12.1. The lowest BCUT2D eigenvalue weighted by molar-refractivity contribution is -0.151. The van der Waals surface area contributed by atoms with Crippen LogP contribution in [0.3, 0.4) is 0 Å². The standard InChI is InChI=1S/C32H48O5/c1-19(28(35)36)9-11-25(37-21(3)33)20(2)22-13-17-32(8)24-10-12-26-29(4,5)27(34)15-16-30(26,6)23(24)14-18-31(22,32)7/h9,20,22,25-26H,10-18H2,1-8H3,(H,35,36). The summed E-state index contributed by atoms with van der Waals surface area (Å²) >= 11 is 0. The van der Waals surface area contributed by atoms with Gasteiger partial charge in [0.05, 0.1) is 0 Å². The summed E-state index contributed by atoms with van der Waals surface area (Å²) in [6.07, 6.45) is 10.1. The molecule has 4 aliphatic carbocycles. The van der Waals surface area contributed by atoms with Crippen LogP contribution in [-0.2, 0) is 19.1 Å². The Morgan fingerprint density at radius 3 is 2.30 bits per heavy atom. The second-order valence-corrected chi connectivity index (χ2v) is 13.9. The summed E-state index contributed by atoms with van der Waals surface area (Å²) in [6.45, 7) is 17.0. The SMILES string of the molecule is CC(=O)OC(CC=C(C)C(=O)O)C(C)C1CCC2(C)C3=C(CCC12C)C1(C)CCC(=O)C(C)(C)C1CC3. The van der Waals surface area contributed by atoms with Crippen molar-refractivity contribution in [3.63, 3.8) is 0 Å². The molecule has 0 aromatic carbocycles. The largest absolute Gasteiger partial charge is 0.478 e. The van der Waals surface area contributed by atoms with Gasteiger partial charge in [-0.3, -0.25) is 9.59 Å². The van der Waals surface area contributed by atoms with E-state index in [9.17, 15) is 19.5 Å². The second kappa shape index (κ2) is 9.38. The first-order chi connectivity index (χ1) is 17.1. The predicted molar refractivity (Wildman–Crippen MR) is 145 cm³/mol. The smallest absolute Gasteiger partial charge is 0.330 e. The topological polar surface area (TPSA) is 80.7 Å². The molecule has 0 aromatic heterocycles. The highest BCUT2D eigenvalue weighted by molar-refractivity contribution is 5.86. The van der Waals surface area contributed by atoms with Crippen molar-refractivity contribution in [3.05, 3.63) is 22.8 Å². The number of carboxylic acids is 1. The van der Waals surface area contributed by atoms with Gasteiger partial charge in [0.15, 0.2) is 0 Å². The highest BCUT2D eigenvalue weighted by atomic mass is 16.5. The van der Waals surface area contributed by atoms with Gasteiger partial charge in [-0.1, -0.05) is 58.8 Å². The Labute approximate surface area is 223 Å². The molecule has 4 aliphatic rings. The van der Waals surface area contributed by atoms with E-state index in [-0.39, 0.29) is 45.2 Å². The van der Waals surface area contributed by atoms with E-state index < -0.39 is 5.97 Å². The van der Waals surface area contributed by atoms with Crippen LogP contribution < -0.4 is 0 Å². The second-order valence-electron chi connectivity index (χ2n) is 13.9. The summed E-state index contributed by atoms with van der Waals surface area (Å²) < 4.78 is 5.82. The van der Waals surface area contributed by atoms with Gasteiger partial charge < -0.3 is 9.84 Å². The molecule has 0 bridgehead atoms. The number of esters is 1. The number of fused-ring (bicyclic) bond motifs is 4. The molecule has 1 N–H and O–H groups in total. The van der Waals surface area contributed by atoms with Crippen LogP contribution in [0.2, 0.25) is 0 Å². The summed E-state index contributed by atoms with van der Waals surface area (Å²) in [7, 11) is 0. The van der Waals surface area contributed by atoms with E-state index in [1.165, 1.54) is 6.92 Å². The molecule has 0 amide bonds. The van der Waals surface area contributed by atoms with Crippen molar-refractivity contribution < 1.29 is 24.2 Å². The van der Waals surface area contributed by atoms with E-state index in [0.29, 0.717) is 30.5 Å². The van der Waals surface area contributed by atoms with Gasteiger partial charge in [-0.2, -0.15) is 0 Å². The number of rotatable bonds is 6. The van der Waals surface area contributed by atoms with Gasteiger partial charge in [0, 0.05) is 30.8 Å². The highest BCUT2D eigenvalue weighted by Gasteiger charge is 2.63. The fourth-order valence-corrected chi connectivity index (χ4v) is 9.60. The first-order valence-corrected chi connectivity index (χ1v) is 14.4. The van der Waals surface area contributed by atoms with E-state index in [1.807, 2.05) is 0 Å². The lowest BCUT2D eigenvalue weighted by Crippen LogP contribution is -2.54. The number of ether oxygens (including phenoxy) is 1. The van der Waals surface area contributed by atoms with E-state index in [1.54, 1.807) is 24.1 Å². The third kappa shape index (κ3) is 4.23. The van der Waals surface area contributed by atoms with Gasteiger partial charge in [0.25, 0.3) is 0 Å². The van der Waals surface area contributed by atoms with Crippen molar-refractivity contribution in [1.29, 1.82) is 0 Å². The maximum absolute atomic E-state index is 12.9. The summed E-state index contributed by atoms with van der Waals surface area (Å²) in [4.78, 5) is 36.3. The van der Waals surface area contributed by atoms with Gasteiger partial charge in [-0.25, -0.2) is 4.79 Å². The normalized spacial score (nSPS) is 38.8. The number of carboxylic acid groups (broad SMARTS) is 1. The summed E-state index contributed by atoms with van der Waals surface area (Å²) in [5.74, 6) is 0.140. The summed E-state index contributed by atoms with van der Waals surface area (Å²) in [6, 6.07) is 0. The van der Waals surface area contributed by atoms with Crippen LogP contribution >= 0.6 is 0 Å². The average molecular weight is 513 g/mol.